The number of amides is 1. The number of hydrogen-bond donors (Lipinski definition) is 0. The van der Waals surface area contributed by atoms with Crippen LogP contribution in [0.25, 0.3) is 0 Å². The molecule has 1 unspecified atom stereocenters. The maximum Gasteiger partial charge on any atom is 0.287 e. The van der Waals surface area contributed by atoms with Gasteiger partial charge in [-0.05, 0) is 12.5 Å². The van der Waals surface area contributed by atoms with Crippen LogP contribution >= 0.6 is 11.6 Å². The van der Waals surface area contributed by atoms with E-state index >= 15 is 0 Å². The minimum atomic E-state index is -0.514. The van der Waals surface area contributed by atoms with E-state index in [1.807, 2.05) is 0 Å². The van der Waals surface area contributed by atoms with Gasteiger partial charge in [0, 0.05) is 19.0 Å². The average Bonchev–Trinajstić information content (AvgIpc) is 2.57. The van der Waals surface area contributed by atoms with Gasteiger partial charge in [0.1, 0.15) is 12.0 Å². The molecule has 1 saturated heterocycles. The number of carbonyl (C=O) groups excluding carboxylic acids is 1. The Labute approximate surface area is 102 Å². The SMILES string of the molecule is Cc1cc([N+](=O)[O-])cnc1N1CC(Cl)CC1=O. The smallest absolute Gasteiger partial charge is 0.287 e. The fourth-order valence-corrected chi connectivity index (χ4v) is 2.07. The molecular weight excluding hydrogens is 246 g/mol. The van der Waals surface area contributed by atoms with E-state index in [9.17, 15) is 14.9 Å². The maximum atomic E-state index is 11.6. The zero-order chi connectivity index (χ0) is 12.6. The van der Waals surface area contributed by atoms with Gasteiger partial charge in [-0.15, -0.1) is 11.6 Å². The second-order valence-electron chi connectivity index (χ2n) is 3.90. The van der Waals surface area contributed by atoms with Crippen molar-refractivity contribution in [2.24, 2.45) is 0 Å². The summed E-state index contributed by atoms with van der Waals surface area (Å²) in [5.41, 5.74) is 0.513. The number of nitrogens with zero attached hydrogens (tertiary/aromatic N) is 3. The van der Waals surface area contributed by atoms with Gasteiger partial charge in [0.15, 0.2) is 0 Å². The summed E-state index contributed by atoms with van der Waals surface area (Å²) < 4.78 is 0. The van der Waals surface area contributed by atoms with Crippen molar-refractivity contribution in [3.05, 3.63) is 27.9 Å². The summed E-state index contributed by atoms with van der Waals surface area (Å²) in [7, 11) is 0. The molecule has 0 saturated carbocycles. The van der Waals surface area contributed by atoms with Gasteiger partial charge in [-0.1, -0.05) is 0 Å². The van der Waals surface area contributed by atoms with Crippen LogP contribution in [0.4, 0.5) is 11.5 Å². The number of rotatable bonds is 2. The van der Waals surface area contributed by atoms with Crippen LogP contribution in [0, 0.1) is 17.0 Å². The summed E-state index contributed by atoms with van der Waals surface area (Å²) in [6, 6.07) is 1.40. The summed E-state index contributed by atoms with van der Waals surface area (Å²) in [6.45, 7) is 2.08. The number of halogens is 1. The van der Waals surface area contributed by atoms with E-state index in [1.165, 1.54) is 11.0 Å². The van der Waals surface area contributed by atoms with Crippen molar-refractivity contribution in [1.29, 1.82) is 0 Å². The Morgan fingerprint density at radius 1 is 1.65 bits per heavy atom. The van der Waals surface area contributed by atoms with Crippen molar-refractivity contribution in [3.8, 4) is 0 Å². The van der Waals surface area contributed by atoms with Crippen LogP contribution in [-0.4, -0.2) is 27.7 Å². The molecule has 1 aliphatic rings. The number of hydrogen-bond acceptors (Lipinski definition) is 4. The van der Waals surface area contributed by atoms with Crippen LogP contribution < -0.4 is 4.90 Å². The summed E-state index contributed by atoms with van der Waals surface area (Å²) in [4.78, 5) is 27.1. The van der Waals surface area contributed by atoms with Gasteiger partial charge < -0.3 is 0 Å². The topological polar surface area (TPSA) is 76.3 Å². The molecule has 0 N–H and O–H groups in total. The van der Waals surface area contributed by atoms with E-state index < -0.39 is 4.92 Å². The summed E-state index contributed by atoms with van der Waals surface area (Å²) in [5.74, 6) is 0.346. The van der Waals surface area contributed by atoms with Gasteiger partial charge >= 0.3 is 0 Å². The molecular formula is C10H10ClN3O3. The van der Waals surface area contributed by atoms with Gasteiger partial charge in [-0.2, -0.15) is 0 Å². The predicted molar refractivity (Wildman–Crippen MR) is 62.2 cm³/mol. The van der Waals surface area contributed by atoms with Crippen molar-refractivity contribution in [3.63, 3.8) is 0 Å². The molecule has 1 fully saturated rings. The number of nitro groups is 1. The lowest BCUT2D eigenvalue weighted by Crippen LogP contribution is -2.26. The zero-order valence-corrected chi connectivity index (χ0v) is 9.85. The molecule has 0 radical (unpaired) electrons. The van der Waals surface area contributed by atoms with Crippen LogP contribution in [0.2, 0.25) is 0 Å². The zero-order valence-electron chi connectivity index (χ0n) is 9.09. The molecule has 6 nitrogen and oxygen atoms in total. The molecule has 2 heterocycles. The van der Waals surface area contributed by atoms with Crippen LogP contribution in [0.5, 0.6) is 0 Å². The van der Waals surface area contributed by atoms with Gasteiger partial charge in [0.2, 0.25) is 5.91 Å². The summed E-state index contributed by atoms with van der Waals surface area (Å²) in [6.07, 6.45) is 1.43. The summed E-state index contributed by atoms with van der Waals surface area (Å²) in [5, 5.41) is 10.3. The van der Waals surface area contributed by atoms with Gasteiger partial charge in [0.25, 0.3) is 5.69 Å². The fourth-order valence-electron chi connectivity index (χ4n) is 1.80. The molecule has 7 heteroatoms. The Kier molecular flexibility index (Phi) is 2.97. The molecule has 0 bridgehead atoms. The average molecular weight is 256 g/mol. The Morgan fingerprint density at radius 3 is 2.82 bits per heavy atom. The monoisotopic (exact) mass is 255 g/mol. The highest BCUT2D eigenvalue weighted by Crippen LogP contribution is 2.27. The first-order chi connectivity index (χ1) is 7.99. The van der Waals surface area contributed by atoms with Crippen LogP contribution in [-0.2, 0) is 4.79 Å². The van der Waals surface area contributed by atoms with E-state index in [0.717, 1.165) is 6.20 Å². The fraction of sp³-hybridized carbons (Fsp3) is 0.400. The van der Waals surface area contributed by atoms with Crippen molar-refractivity contribution in [2.45, 2.75) is 18.7 Å². The third kappa shape index (κ3) is 2.21. The molecule has 17 heavy (non-hydrogen) atoms. The van der Waals surface area contributed by atoms with E-state index in [4.69, 9.17) is 11.6 Å². The van der Waals surface area contributed by atoms with Crippen LogP contribution in [0.15, 0.2) is 12.3 Å². The first-order valence-corrected chi connectivity index (χ1v) is 5.48. The largest absolute Gasteiger partial charge is 0.295 e. The Balaban J connectivity index is 2.34. The minimum Gasteiger partial charge on any atom is -0.295 e. The van der Waals surface area contributed by atoms with Crippen LogP contribution in [0.3, 0.4) is 0 Å². The summed E-state index contributed by atoms with van der Waals surface area (Å²) >= 11 is 5.89. The lowest BCUT2D eigenvalue weighted by Gasteiger charge is -2.16. The maximum absolute atomic E-state index is 11.6. The number of aromatic nitrogens is 1. The molecule has 0 aromatic carbocycles. The number of pyridine rings is 1. The highest BCUT2D eigenvalue weighted by atomic mass is 35.5. The Hall–Kier alpha value is -1.69. The number of alkyl halides is 1. The van der Waals surface area contributed by atoms with Gasteiger partial charge in [-0.25, -0.2) is 4.98 Å². The predicted octanol–water partition coefficient (Wildman–Crippen LogP) is 1.64. The van der Waals surface area contributed by atoms with Crippen molar-refractivity contribution >= 4 is 29.0 Å². The van der Waals surface area contributed by atoms with E-state index in [1.54, 1.807) is 6.92 Å². The van der Waals surface area contributed by atoms with Crippen LogP contribution in [0.1, 0.15) is 12.0 Å². The third-order valence-electron chi connectivity index (χ3n) is 2.58. The number of carbonyl (C=O) groups is 1. The lowest BCUT2D eigenvalue weighted by molar-refractivity contribution is -0.385. The highest BCUT2D eigenvalue weighted by Gasteiger charge is 2.31. The molecule has 1 aromatic rings. The second kappa shape index (κ2) is 4.29. The van der Waals surface area contributed by atoms with Gasteiger partial charge in [0.05, 0.1) is 10.3 Å². The van der Waals surface area contributed by atoms with E-state index in [-0.39, 0.29) is 23.4 Å². The normalized spacial score (nSPS) is 19.8. The third-order valence-corrected chi connectivity index (χ3v) is 2.87. The standard InChI is InChI=1S/C10H10ClN3O3/c1-6-2-8(14(16)17)4-12-10(6)13-5-7(11)3-9(13)15/h2,4,7H,3,5H2,1H3. The number of anilines is 1. The Morgan fingerprint density at radius 2 is 2.35 bits per heavy atom. The van der Waals surface area contributed by atoms with Crippen molar-refractivity contribution in [1.82, 2.24) is 4.98 Å². The molecule has 0 spiro atoms. The lowest BCUT2D eigenvalue weighted by atomic mass is 10.2. The first kappa shape index (κ1) is 11.8. The highest BCUT2D eigenvalue weighted by molar-refractivity contribution is 6.24. The van der Waals surface area contributed by atoms with E-state index in [2.05, 4.69) is 4.98 Å². The Bertz CT molecular complexity index is 492. The molecule has 2 rings (SSSR count). The van der Waals surface area contributed by atoms with Crippen molar-refractivity contribution < 1.29 is 9.72 Å². The number of aryl methyl sites for hydroxylation is 1. The van der Waals surface area contributed by atoms with E-state index in [0.29, 0.717) is 17.9 Å². The molecule has 0 aliphatic carbocycles. The van der Waals surface area contributed by atoms with Crippen molar-refractivity contribution in [2.75, 3.05) is 11.4 Å². The minimum absolute atomic E-state index is 0.0830. The molecule has 1 amide bonds. The second-order valence-corrected chi connectivity index (χ2v) is 4.51. The molecule has 1 aliphatic heterocycles. The first-order valence-electron chi connectivity index (χ1n) is 5.04. The molecule has 1 aromatic heterocycles. The quantitative estimate of drug-likeness (QED) is 0.457. The van der Waals surface area contributed by atoms with Gasteiger partial charge in [-0.3, -0.25) is 19.8 Å². The molecule has 1 atom stereocenters. The molecule has 90 valence electrons.